The number of nitrogens with two attached hydrogens (primary N) is 1. The van der Waals surface area contributed by atoms with Crippen LogP contribution in [0.5, 0.6) is 0 Å². The minimum Gasteiger partial charge on any atom is -0.472 e. The first-order chi connectivity index (χ1) is 9.06. The van der Waals surface area contributed by atoms with Crippen LogP contribution in [0.25, 0.3) is 0 Å². The van der Waals surface area contributed by atoms with Crippen LogP contribution in [0.3, 0.4) is 0 Å². The molecule has 1 heterocycles. The molecule has 0 radical (unpaired) electrons. The Morgan fingerprint density at radius 3 is 2.68 bits per heavy atom. The van der Waals surface area contributed by atoms with Gasteiger partial charge in [-0.2, -0.15) is 0 Å². The van der Waals surface area contributed by atoms with Gasteiger partial charge in [0.2, 0.25) is 0 Å². The van der Waals surface area contributed by atoms with Crippen LogP contribution in [0.15, 0.2) is 45.7 Å². The van der Waals surface area contributed by atoms with Gasteiger partial charge in [-0.25, -0.2) is 0 Å². The Morgan fingerprint density at radius 1 is 1.32 bits per heavy atom. The van der Waals surface area contributed by atoms with E-state index >= 15 is 0 Å². The number of furan rings is 1. The van der Waals surface area contributed by atoms with Crippen molar-refractivity contribution in [1.29, 1.82) is 0 Å². The molecule has 0 aliphatic heterocycles. The first kappa shape index (κ1) is 14.2. The summed E-state index contributed by atoms with van der Waals surface area (Å²) in [5.41, 5.74) is 9.40. The van der Waals surface area contributed by atoms with Gasteiger partial charge in [0.15, 0.2) is 0 Å². The van der Waals surface area contributed by atoms with E-state index in [9.17, 15) is 0 Å². The summed E-state index contributed by atoms with van der Waals surface area (Å²) in [6.07, 6.45) is 4.36. The fourth-order valence-corrected chi connectivity index (χ4v) is 2.83. The maximum atomic E-state index is 5.83. The molecule has 1 atom stereocenters. The smallest absolute Gasteiger partial charge is 0.0952 e. The van der Waals surface area contributed by atoms with E-state index in [1.165, 1.54) is 5.56 Å². The Balaban J connectivity index is 2.11. The zero-order valence-electron chi connectivity index (χ0n) is 11.3. The minimum absolute atomic E-state index is 0.182. The lowest BCUT2D eigenvalue weighted by Gasteiger charge is -2.20. The molecule has 0 saturated carbocycles. The van der Waals surface area contributed by atoms with Gasteiger partial charge in [0.05, 0.1) is 18.2 Å². The van der Waals surface area contributed by atoms with Crippen molar-refractivity contribution in [2.24, 2.45) is 5.73 Å². The van der Waals surface area contributed by atoms with E-state index in [2.05, 4.69) is 46.1 Å². The molecule has 0 spiro atoms. The van der Waals surface area contributed by atoms with Gasteiger partial charge in [0.25, 0.3) is 0 Å². The van der Waals surface area contributed by atoms with Crippen LogP contribution >= 0.6 is 15.9 Å². The maximum absolute atomic E-state index is 5.83. The molecule has 0 aliphatic carbocycles. The van der Waals surface area contributed by atoms with Crippen molar-refractivity contribution in [3.63, 3.8) is 0 Å². The highest BCUT2D eigenvalue weighted by Crippen LogP contribution is 2.28. The van der Waals surface area contributed by atoms with Gasteiger partial charge < -0.3 is 15.1 Å². The Labute approximate surface area is 122 Å². The number of rotatable bonds is 5. The molecule has 102 valence electrons. The SMILES string of the molecule is CC(N)Cc1ccc(N(C)Cc2ccoc2)c(Br)c1. The van der Waals surface area contributed by atoms with Gasteiger partial charge in [0.1, 0.15) is 0 Å². The summed E-state index contributed by atoms with van der Waals surface area (Å²) in [4.78, 5) is 2.19. The highest BCUT2D eigenvalue weighted by molar-refractivity contribution is 9.10. The molecule has 4 heteroatoms. The Bertz CT molecular complexity index is 523. The molecule has 0 amide bonds. The second-order valence-corrected chi connectivity index (χ2v) is 5.81. The fourth-order valence-electron chi connectivity index (χ4n) is 2.10. The van der Waals surface area contributed by atoms with Crippen LogP contribution in [-0.4, -0.2) is 13.1 Å². The summed E-state index contributed by atoms with van der Waals surface area (Å²) in [6.45, 7) is 2.84. The van der Waals surface area contributed by atoms with Gasteiger partial charge in [0, 0.05) is 29.7 Å². The molecule has 1 unspecified atom stereocenters. The fraction of sp³-hybridized carbons (Fsp3) is 0.333. The molecular weight excluding hydrogens is 304 g/mol. The van der Waals surface area contributed by atoms with E-state index < -0.39 is 0 Å². The van der Waals surface area contributed by atoms with Crippen molar-refractivity contribution in [3.8, 4) is 0 Å². The Kier molecular flexibility index (Phi) is 4.66. The van der Waals surface area contributed by atoms with E-state index in [0.717, 1.165) is 28.7 Å². The molecule has 2 N–H and O–H groups in total. The number of benzene rings is 1. The summed E-state index contributed by atoms with van der Waals surface area (Å²) in [5.74, 6) is 0. The molecule has 2 rings (SSSR count). The topological polar surface area (TPSA) is 42.4 Å². The van der Waals surface area contributed by atoms with Crippen molar-refractivity contribution in [2.45, 2.75) is 25.9 Å². The maximum Gasteiger partial charge on any atom is 0.0952 e. The lowest BCUT2D eigenvalue weighted by atomic mass is 10.1. The van der Waals surface area contributed by atoms with Gasteiger partial charge in [-0.15, -0.1) is 0 Å². The van der Waals surface area contributed by atoms with Crippen LogP contribution in [-0.2, 0) is 13.0 Å². The van der Waals surface area contributed by atoms with Crippen molar-refractivity contribution < 1.29 is 4.42 Å². The van der Waals surface area contributed by atoms with E-state index in [4.69, 9.17) is 10.2 Å². The second-order valence-electron chi connectivity index (χ2n) is 4.95. The number of halogens is 1. The molecule has 0 aliphatic rings. The third kappa shape index (κ3) is 3.85. The average Bonchev–Trinajstić information content (AvgIpc) is 2.80. The normalized spacial score (nSPS) is 12.4. The quantitative estimate of drug-likeness (QED) is 0.915. The van der Waals surface area contributed by atoms with Crippen molar-refractivity contribution in [2.75, 3.05) is 11.9 Å². The lowest BCUT2D eigenvalue weighted by molar-refractivity contribution is 0.563. The van der Waals surface area contributed by atoms with Crippen LogP contribution in [0, 0.1) is 0 Å². The van der Waals surface area contributed by atoms with Gasteiger partial charge in [-0.3, -0.25) is 0 Å². The first-order valence-corrected chi connectivity index (χ1v) is 7.12. The minimum atomic E-state index is 0.182. The molecular formula is C15H19BrN2O. The predicted molar refractivity (Wildman–Crippen MR) is 82.3 cm³/mol. The third-order valence-corrected chi connectivity index (χ3v) is 3.62. The molecule has 0 bridgehead atoms. The Hall–Kier alpha value is -1.26. The van der Waals surface area contributed by atoms with Crippen LogP contribution in [0.2, 0.25) is 0 Å². The van der Waals surface area contributed by atoms with Gasteiger partial charge >= 0.3 is 0 Å². The molecule has 0 saturated heterocycles. The van der Waals surface area contributed by atoms with E-state index in [1.54, 1.807) is 12.5 Å². The summed E-state index contributed by atoms with van der Waals surface area (Å²) >= 11 is 3.64. The summed E-state index contributed by atoms with van der Waals surface area (Å²) in [6, 6.07) is 8.57. The summed E-state index contributed by atoms with van der Waals surface area (Å²) < 4.78 is 6.19. The van der Waals surface area contributed by atoms with Crippen LogP contribution < -0.4 is 10.6 Å². The van der Waals surface area contributed by atoms with E-state index in [-0.39, 0.29) is 6.04 Å². The molecule has 1 aromatic carbocycles. The zero-order valence-corrected chi connectivity index (χ0v) is 12.9. The number of nitrogens with zero attached hydrogens (tertiary/aromatic N) is 1. The highest BCUT2D eigenvalue weighted by atomic mass is 79.9. The molecule has 3 nitrogen and oxygen atoms in total. The predicted octanol–water partition coefficient (Wildman–Crippen LogP) is 3.57. The van der Waals surface area contributed by atoms with E-state index in [0.29, 0.717) is 0 Å². The van der Waals surface area contributed by atoms with Crippen LogP contribution in [0.4, 0.5) is 5.69 Å². The monoisotopic (exact) mass is 322 g/mol. The largest absolute Gasteiger partial charge is 0.472 e. The summed E-state index contributed by atoms with van der Waals surface area (Å²) in [7, 11) is 2.07. The third-order valence-electron chi connectivity index (χ3n) is 2.98. The second kappa shape index (κ2) is 6.26. The van der Waals surface area contributed by atoms with Crippen molar-refractivity contribution >= 4 is 21.6 Å². The standard InChI is InChI=1S/C15H19BrN2O/c1-11(17)7-12-3-4-15(14(16)8-12)18(2)9-13-5-6-19-10-13/h3-6,8,10-11H,7,9,17H2,1-2H3. The van der Waals surface area contributed by atoms with Crippen molar-refractivity contribution in [3.05, 3.63) is 52.4 Å². The molecule has 19 heavy (non-hydrogen) atoms. The zero-order chi connectivity index (χ0) is 13.8. The average molecular weight is 323 g/mol. The van der Waals surface area contributed by atoms with Gasteiger partial charge in [-0.05, 0) is 53.0 Å². The number of hydrogen-bond donors (Lipinski definition) is 1. The molecule has 1 aromatic heterocycles. The van der Waals surface area contributed by atoms with Crippen molar-refractivity contribution in [1.82, 2.24) is 0 Å². The lowest BCUT2D eigenvalue weighted by Crippen LogP contribution is -2.19. The van der Waals surface area contributed by atoms with Gasteiger partial charge in [-0.1, -0.05) is 6.07 Å². The Morgan fingerprint density at radius 2 is 2.11 bits per heavy atom. The first-order valence-electron chi connectivity index (χ1n) is 6.32. The van der Waals surface area contributed by atoms with Crippen LogP contribution in [0.1, 0.15) is 18.1 Å². The van der Waals surface area contributed by atoms with E-state index in [1.807, 2.05) is 13.0 Å². The number of anilines is 1. The molecule has 0 fully saturated rings. The highest BCUT2D eigenvalue weighted by Gasteiger charge is 2.08. The molecule has 2 aromatic rings. The number of hydrogen-bond acceptors (Lipinski definition) is 3. The summed E-state index contributed by atoms with van der Waals surface area (Å²) in [5, 5.41) is 0.